The Hall–Kier alpha value is -2.61. The first-order valence-electron chi connectivity index (χ1n) is 8.33. The quantitative estimate of drug-likeness (QED) is 0.635. The molecule has 124 valence electrons. The summed E-state index contributed by atoms with van der Waals surface area (Å²) in [6, 6.07) is 12.7. The summed E-state index contributed by atoms with van der Waals surface area (Å²) >= 11 is 0. The Kier molecular flexibility index (Phi) is 6.56. The van der Waals surface area contributed by atoms with E-state index in [9.17, 15) is 0 Å². The van der Waals surface area contributed by atoms with Crippen LogP contribution in [0.5, 0.6) is 0 Å². The van der Waals surface area contributed by atoms with Crippen molar-refractivity contribution < 1.29 is 0 Å². The van der Waals surface area contributed by atoms with Gasteiger partial charge in [-0.3, -0.25) is 0 Å². The summed E-state index contributed by atoms with van der Waals surface area (Å²) in [4.78, 5) is 6.98. The van der Waals surface area contributed by atoms with Crippen LogP contribution in [-0.4, -0.2) is 12.0 Å². The molecule has 0 amide bonds. The first-order chi connectivity index (χ1) is 11.6. The van der Waals surface area contributed by atoms with E-state index in [1.54, 1.807) is 0 Å². The molecule has 1 aromatic carbocycles. The normalized spacial score (nSPS) is 11.8. The predicted molar refractivity (Wildman–Crippen MR) is 105 cm³/mol. The molecule has 0 atom stereocenters. The minimum atomic E-state index is 0.830. The molecule has 0 spiro atoms. The number of para-hydroxylation sites is 1. The average molecular weight is 318 g/mol. The summed E-state index contributed by atoms with van der Waals surface area (Å²) in [5.41, 5.74) is 4.75. The standard InChI is InChI=1S/C22H26N2/c1-5-6-7-8-9-10-14-20-16-18(2)17-22(23-20)24(4)21-15-12-11-13-19(21)3/h5-13,15-17H,14H2,1-4H3. The average Bonchev–Trinajstić information content (AvgIpc) is 2.57. The molecule has 0 aliphatic heterocycles. The summed E-state index contributed by atoms with van der Waals surface area (Å²) in [6.45, 7) is 6.26. The van der Waals surface area contributed by atoms with Crippen LogP contribution in [0, 0.1) is 13.8 Å². The number of hydrogen-bond donors (Lipinski definition) is 0. The lowest BCUT2D eigenvalue weighted by atomic mass is 10.1. The van der Waals surface area contributed by atoms with Crippen molar-refractivity contribution in [2.75, 3.05) is 11.9 Å². The van der Waals surface area contributed by atoms with E-state index in [2.05, 4.69) is 74.3 Å². The Morgan fingerprint density at radius 1 is 1.00 bits per heavy atom. The maximum absolute atomic E-state index is 4.82. The predicted octanol–water partition coefficient (Wildman–Crippen LogP) is 5.70. The van der Waals surface area contributed by atoms with Gasteiger partial charge >= 0.3 is 0 Å². The van der Waals surface area contributed by atoms with Gasteiger partial charge < -0.3 is 4.90 Å². The Morgan fingerprint density at radius 3 is 2.50 bits per heavy atom. The van der Waals surface area contributed by atoms with Crippen LogP contribution in [0.1, 0.15) is 23.7 Å². The van der Waals surface area contributed by atoms with Gasteiger partial charge in [0.2, 0.25) is 0 Å². The molecule has 2 aromatic rings. The highest BCUT2D eigenvalue weighted by atomic mass is 15.2. The van der Waals surface area contributed by atoms with Crippen molar-refractivity contribution in [2.24, 2.45) is 0 Å². The summed E-state index contributed by atoms with van der Waals surface area (Å²) in [5, 5.41) is 0. The molecule has 0 aliphatic carbocycles. The van der Waals surface area contributed by atoms with E-state index in [4.69, 9.17) is 4.98 Å². The van der Waals surface area contributed by atoms with Gasteiger partial charge in [-0.2, -0.15) is 0 Å². The van der Waals surface area contributed by atoms with Crippen LogP contribution in [0.25, 0.3) is 0 Å². The van der Waals surface area contributed by atoms with Gasteiger partial charge in [-0.15, -0.1) is 0 Å². The second kappa shape index (κ2) is 8.88. The fourth-order valence-corrected chi connectivity index (χ4v) is 2.57. The third kappa shape index (κ3) is 4.95. The summed E-state index contributed by atoms with van der Waals surface area (Å²) < 4.78 is 0. The van der Waals surface area contributed by atoms with Gasteiger partial charge in [0.05, 0.1) is 0 Å². The largest absolute Gasteiger partial charge is 0.329 e. The molecule has 2 heteroatoms. The fraction of sp³-hybridized carbons (Fsp3) is 0.227. The lowest BCUT2D eigenvalue weighted by Gasteiger charge is -2.21. The number of nitrogens with zero attached hydrogens (tertiary/aromatic N) is 2. The molecule has 0 aliphatic rings. The second-order valence-electron chi connectivity index (χ2n) is 5.88. The second-order valence-corrected chi connectivity index (χ2v) is 5.88. The molecule has 0 fully saturated rings. The highest BCUT2D eigenvalue weighted by Crippen LogP contribution is 2.26. The number of aryl methyl sites for hydroxylation is 2. The molecule has 1 heterocycles. The first-order valence-corrected chi connectivity index (χ1v) is 8.33. The van der Waals surface area contributed by atoms with E-state index >= 15 is 0 Å². The van der Waals surface area contributed by atoms with Gasteiger partial charge in [-0.1, -0.05) is 54.7 Å². The topological polar surface area (TPSA) is 16.1 Å². The number of allylic oxidation sites excluding steroid dienone is 6. The van der Waals surface area contributed by atoms with Crippen LogP contribution in [0.2, 0.25) is 0 Å². The van der Waals surface area contributed by atoms with Crippen molar-refractivity contribution in [3.05, 3.63) is 89.7 Å². The van der Waals surface area contributed by atoms with Crippen LogP contribution in [0.15, 0.2) is 72.9 Å². The zero-order chi connectivity index (χ0) is 17.4. The Morgan fingerprint density at radius 2 is 1.75 bits per heavy atom. The maximum atomic E-state index is 4.82. The third-order valence-electron chi connectivity index (χ3n) is 3.82. The number of rotatable bonds is 6. The van der Waals surface area contributed by atoms with Crippen molar-refractivity contribution in [3.8, 4) is 0 Å². The summed E-state index contributed by atoms with van der Waals surface area (Å²) in [6.07, 6.45) is 13.1. The molecule has 0 unspecified atom stereocenters. The SMILES string of the molecule is CC=CC=CC=CCc1cc(C)cc(N(C)c2ccccc2C)n1. The molecule has 1 aromatic heterocycles. The van der Waals surface area contributed by atoms with E-state index in [-0.39, 0.29) is 0 Å². The van der Waals surface area contributed by atoms with E-state index in [1.165, 1.54) is 16.8 Å². The molecule has 0 bridgehead atoms. The number of pyridine rings is 1. The number of benzene rings is 1. The van der Waals surface area contributed by atoms with E-state index in [1.807, 2.05) is 31.2 Å². The van der Waals surface area contributed by atoms with E-state index < -0.39 is 0 Å². The third-order valence-corrected chi connectivity index (χ3v) is 3.82. The van der Waals surface area contributed by atoms with Crippen molar-refractivity contribution in [3.63, 3.8) is 0 Å². The van der Waals surface area contributed by atoms with Gasteiger partial charge in [0.15, 0.2) is 0 Å². The van der Waals surface area contributed by atoms with Crippen molar-refractivity contribution in [1.82, 2.24) is 4.98 Å². The molecule has 0 N–H and O–H groups in total. The van der Waals surface area contributed by atoms with Crippen LogP contribution in [-0.2, 0) is 6.42 Å². The van der Waals surface area contributed by atoms with Gasteiger partial charge in [0, 0.05) is 24.8 Å². The van der Waals surface area contributed by atoms with Crippen molar-refractivity contribution >= 4 is 11.5 Å². The zero-order valence-electron chi connectivity index (χ0n) is 15.0. The zero-order valence-corrected chi connectivity index (χ0v) is 15.0. The Balaban J connectivity index is 2.18. The molecule has 0 radical (unpaired) electrons. The lowest BCUT2D eigenvalue weighted by Crippen LogP contribution is -2.13. The fourth-order valence-electron chi connectivity index (χ4n) is 2.57. The summed E-state index contributed by atoms with van der Waals surface area (Å²) in [5.74, 6) is 0.983. The van der Waals surface area contributed by atoms with Gasteiger partial charge in [0.1, 0.15) is 5.82 Å². The van der Waals surface area contributed by atoms with Gasteiger partial charge in [0.25, 0.3) is 0 Å². The summed E-state index contributed by atoms with van der Waals surface area (Å²) in [7, 11) is 2.07. The van der Waals surface area contributed by atoms with Crippen LogP contribution >= 0.6 is 0 Å². The molecular formula is C22H26N2. The molecule has 2 rings (SSSR count). The Bertz CT molecular complexity index is 754. The first kappa shape index (κ1) is 17.7. The van der Waals surface area contributed by atoms with Crippen LogP contribution in [0.3, 0.4) is 0 Å². The van der Waals surface area contributed by atoms with Crippen LogP contribution < -0.4 is 4.90 Å². The number of anilines is 2. The van der Waals surface area contributed by atoms with Crippen LogP contribution in [0.4, 0.5) is 11.5 Å². The lowest BCUT2D eigenvalue weighted by molar-refractivity contribution is 1.04. The highest BCUT2D eigenvalue weighted by Gasteiger charge is 2.09. The minimum Gasteiger partial charge on any atom is -0.329 e. The maximum Gasteiger partial charge on any atom is 0.133 e. The monoisotopic (exact) mass is 318 g/mol. The number of aromatic nitrogens is 1. The number of hydrogen-bond acceptors (Lipinski definition) is 2. The minimum absolute atomic E-state index is 0.830. The van der Waals surface area contributed by atoms with Crippen molar-refractivity contribution in [1.29, 1.82) is 0 Å². The van der Waals surface area contributed by atoms with Crippen molar-refractivity contribution in [2.45, 2.75) is 27.2 Å². The molecular weight excluding hydrogens is 292 g/mol. The Labute approximate surface area is 145 Å². The highest BCUT2D eigenvalue weighted by molar-refractivity contribution is 5.63. The molecule has 0 saturated carbocycles. The van der Waals surface area contributed by atoms with E-state index in [0.29, 0.717) is 0 Å². The molecule has 0 saturated heterocycles. The van der Waals surface area contributed by atoms with Gasteiger partial charge in [-0.25, -0.2) is 4.98 Å². The smallest absolute Gasteiger partial charge is 0.133 e. The molecule has 24 heavy (non-hydrogen) atoms. The molecule has 2 nitrogen and oxygen atoms in total. The van der Waals surface area contributed by atoms with Gasteiger partial charge in [-0.05, 0) is 50.1 Å². The van der Waals surface area contributed by atoms with E-state index in [0.717, 1.165) is 17.9 Å².